The van der Waals surface area contributed by atoms with Crippen molar-refractivity contribution in [2.24, 2.45) is 0 Å². The van der Waals surface area contributed by atoms with E-state index in [0.29, 0.717) is 12.3 Å². The monoisotopic (exact) mass is 180 g/mol. The second-order valence-corrected chi connectivity index (χ2v) is 3.40. The largest absolute Gasteiger partial charge is 0.303 e. The Morgan fingerprint density at radius 2 is 2.31 bits per heavy atom. The lowest BCUT2D eigenvalue weighted by atomic mass is 10.0. The number of aryl methyl sites for hydroxylation is 1. The molecule has 0 atom stereocenters. The summed E-state index contributed by atoms with van der Waals surface area (Å²) in [5.41, 5.74) is 2.25. The second-order valence-electron chi connectivity index (χ2n) is 3.40. The number of nitrogens with zero attached hydrogens (tertiary/aromatic N) is 2. The highest BCUT2D eigenvalue weighted by atomic mass is 16.1. The normalized spacial score (nSPS) is 10.8. The Morgan fingerprint density at radius 1 is 1.62 bits per heavy atom. The topological polar surface area (TPSA) is 34.9 Å². The highest BCUT2D eigenvalue weighted by Crippen LogP contribution is 2.19. The minimum absolute atomic E-state index is 0.428. The molecule has 0 aliphatic rings. The van der Waals surface area contributed by atoms with Gasteiger partial charge in [0.05, 0.1) is 6.20 Å². The zero-order chi connectivity index (χ0) is 9.84. The van der Waals surface area contributed by atoms with Crippen LogP contribution in [0.15, 0.2) is 6.20 Å². The zero-order valence-electron chi connectivity index (χ0n) is 8.45. The van der Waals surface area contributed by atoms with Crippen molar-refractivity contribution in [2.75, 3.05) is 0 Å². The summed E-state index contributed by atoms with van der Waals surface area (Å²) in [4.78, 5) is 10.4. The molecule has 1 heterocycles. The molecule has 0 saturated heterocycles. The molecule has 0 saturated carbocycles. The molecule has 1 aromatic heterocycles. The lowest BCUT2D eigenvalue weighted by Crippen LogP contribution is -2.06. The van der Waals surface area contributed by atoms with Crippen molar-refractivity contribution in [1.82, 2.24) is 9.78 Å². The predicted molar refractivity (Wildman–Crippen MR) is 51.8 cm³/mol. The minimum Gasteiger partial charge on any atom is -0.303 e. The van der Waals surface area contributed by atoms with Crippen LogP contribution in [-0.4, -0.2) is 16.1 Å². The maximum atomic E-state index is 10.4. The highest BCUT2D eigenvalue weighted by Gasteiger charge is 2.12. The molecule has 0 bridgehead atoms. The number of rotatable bonds is 4. The van der Waals surface area contributed by atoms with Crippen LogP contribution in [0.3, 0.4) is 0 Å². The third kappa shape index (κ3) is 1.97. The highest BCUT2D eigenvalue weighted by molar-refractivity contribution is 5.55. The zero-order valence-corrected chi connectivity index (χ0v) is 8.45. The van der Waals surface area contributed by atoms with Gasteiger partial charge in [-0.15, -0.1) is 0 Å². The van der Waals surface area contributed by atoms with Gasteiger partial charge in [-0.1, -0.05) is 13.8 Å². The lowest BCUT2D eigenvalue weighted by Gasteiger charge is -2.09. The van der Waals surface area contributed by atoms with Crippen molar-refractivity contribution in [3.63, 3.8) is 0 Å². The summed E-state index contributed by atoms with van der Waals surface area (Å²) in [6.07, 6.45) is 3.21. The summed E-state index contributed by atoms with van der Waals surface area (Å²) >= 11 is 0. The van der Waals surface area contributed by atoms with Crippen LogP contribution in [0.5, 0.6) is 0 Å². The average molecular weight is 180 g/mol. The molecule has 0 amide bonds. The van der Waals surface area contributed by atoms with Crippen LogP contribution in [0, 0.1) is 0 Å². The Morgan fingerprint density at radius 3 is 2.77 bits per heavy atom. The number of aldehydes is 1. The van der Waals surface area contributed by atoms with Crippen molar-refractivity contribution in [3.05, 3.63) is 17.5 Å². The maximum Gasteiger partial charge on any atom is 0.124 e. The van der Waals surface area contributed by atoms with Crippen LogP contribution in [0.25, 0.3) is 0 Å². The molecule has 0 aliphatic carbocycles. The molecule has 72 valence electrons. The van der Waals surface area contributed by atoms with Gasteiger partial charge in [0.25, 0.3) is 0 Å². The maximum absolute atomic E-state index is 10.4. The summed E-state index contributed by atoms with van der Waals surface area (Å²) in [5.74, 6) is 0.428. The fraction of sp³-hybridized carbons (Fsp3) is 0.600. The molecule has 13 heavy (non-hydrogen) atoms. The molecule has 3 heteroatoms. The van der Waals surface area contributed by atoms with E-state index in [1.165, 1.54) is 5.69 Å². The summed E-state index contributed by atoms with van der Waals surface area (Å²) in [5, 5.41) is 4.23. The van der Waals surface area contributed by atoms with E-state index >= 15 is 0 Å². The number of carbonyl (C=O) groups is 1. The molecule has 0 unspecified atom stereocenters. The standard InChI is InChI=1S/C10H16N2O/c1-4-12-10(8(2)3)9(5-6-13)7-11-12/h6-8H,4-5H2,1-3H3. The van der Waals surface area contributed by atoms with Crippen LogP contribution < -0.4 is 0 Å². The molecule has 1 rings (SSSR count). The Bertz CT molecular complexity index is 289. The fourth-order valence-corrected chi connectivity index (χ4v) is 1.60. The third-order valence-electron chi connectivity index (χ3n) is 2.11. The summed E-state index contributed by atoms with van der Waals surface area (Å²) in [7, 11) is 0. The molecule has 0 fully saturated rings. The van der Waals surface area contributed by atoms with Crippen LogP contribution in [0.2, 0.25) is 0 Å². The molecule has 0 N–H and O–H groups in total. The average Bonchev–Trinajstić information content (AvgIpc) is 2.48. The number of aromatic nitrogens is 2. The lowest BCUT2D eigenvalue weighted by molar-refractivity contribution is -0.107. The molecule has 0 aliphatic heterocycles. The fourth-order valence-electron chi connectivity index (χ4n) is 1.60. The molecule has 0 radical (unpaired) electrons. The molecule has 0 aromatic carbocycles. The van der Waals surface area contributed by atoms with Crippen molar-refractivity contribution < 1.29 is 4.79 Å². The van der Waals surface area contributed by atoms with Gasteiger partial charge in [0.1, 0.15) is 6.29 Å². The van der Waals surface area contributed by atoms with E-state index in [9.17, 15) is 4.79 Å². The Kier molecular flexibility index (Phi) is 3.23. The van der Waals surface area contributed by atoms with E-state index in [2.05, 4.69) is 25.9 Å². The first kappa shape index (κ1) is 9.96. The van der Waals surface area contributed by atoms with Gasteiger partial charge in [-0.2, -0.15) is 5.10 Å². The van der Waals surface area contributed by atoms with Crippen molar-refractivity contribution >= 4 is 6.29 Å². The van der Waals surface area contributed by atoms with Gasteiger partial charge in [-0.25, -0.2) is 0 Å². The Hall–Kier alpha value is -1.12. The van der Waals surface area contributed by atoms with Gasteiger partial charge in [0.2, 0.25) is 0 Å². The van der Waals surface area contributed by atoms with Gasteiger partial charge < -0.3 is 4.79 Å². The van der Waals surface area contributed by atoms with E-state index < -0.39 is 0 Å². The molecule has 1 aromatic rings. The quantitative estimate of drug-likeness (QED) is 0.662. The van der Waals surface area contributed by atoms with E-state index in [1.54, 1.807) is 6.20 Å². The van der Waals surface area contributed by atoms with Gasteiger partial charge in [0, 0.05) is 24.2 Å². The van der Waals surface area contributed by atoms with Crippen LogP contribution in [-0.2, 0) is 17.8 Å². The van der Waals surface area contributed by atoms with Gasteiger partial charge in [0.15, 0.2) is 0 Å². The van der Waals surface area contributed by atoms with Gasteiger partial charge in [-0.3, -0.25) is 4.68 Å². The number of hydrogen-bond donors (Lipinski definition) is 0. The first-order valence-electron chi connectivity index (χ1n) is 4.68. The second kappa shape index (κ2) is 4.21. The van der Waals surface area contributed by atoms with Crippen molar-refractivity contribution in [2.45, 2.75) is 39.7 Å². The smallest absolute Gasteiger partial charge is 0.124 e. The van der Waals surface area contributed by atoms with Crippen LogP contribution >= 0.6 is 0 Å². The summed E-state index contributed by atoms with van der Waals surface area (Å²) in [6.45, 7) is 7.17. The third-order valence-corrected chi connectivity index (χ3v) is 2.11. The minimum atomic E-state index is 0.428. The van der Waals surface area contributed by atoms with Crippen molar-refractivity contribution in [3.8, 4) is 0 Å². The first-order valence-corrected chi connectivity index (χ1v) is 4.68. The Labute approximate surface area is 78.8 Å². The first-order chi connectivity index (χ1) is 6.20. The summed E-state index contributed by atoms with van der Waals surface area (Å²) in [6, 6.07) is 0. The number of hydrogen-bond acceptors (Lipinski definition) is 2. The molecule has 0 spiro atoms. The molecular formula is C10H16N2O. The van der Waals surface area contributed by atoms with Gasteiger partial charge in [-0.05, 0) is 12.8 Å². The van der Waals surface area contributed by atoms with E-state index in [1.807, 2.05) is 4.68 Å². The number of carbonyl (C=O) groups excluding carboxylic acids is 1. The van der Waals surface area contributed by atoms with E-state index in [4.69, 9.17) is 0 Å². The molecule has 3 nitrogen and oxygen atoms in total. The van der Waals surface area contributed by atoms with Crippen LogP contribution in [0.1, 0.15) is 37.9 Å². The Balaban J connectivity index is 3.05. The van der Waals surface area contributed by atoms with Crippen LogP contribution in [0.4, 0.5) is 0 Å². The summed E-state index contributed by atoms with van der Waals surface area (Å²) < 4.78 is 1.96. The predicted octanol–water partition coefficient (Wildman–Crippen LogP) is 1.77. The van der Waals surface area contributed by atoms with E-state index in [-0.39, 0.29) is 0 Å². The SMILES string of the molecule is CCn1ncc(CC=O)c1C(C)C. The van der Waals surface area contributed by atoms with E-state index in [0.717, 1.165) is 18.4 Å². The van der Waals surface area contributed by atoms with Crippen molar-refractivity contribution in [1.29, 1.82) is 0 Å². The van der Waals surface area contributed by atoms with Gasteiger partial charge >= 0.3 is 0 Å². The molecular weight excluding hydrogens is 164 g/mol.